The minimum Gasteiger partial charge on any atom is -0.489 e. The number of aryl methyl sites for hydroxylation is 3. The van der Waals surface area contributed by atoms with Crippen LogP contribution in [0.2, 0.25) is 0 Å². The Morgan fingerprint density at radius 1 is 0.490 bits per heavy atom. The molecule has 1 N–H and O–H groups in total. The largest absolute Gasteiger partial charge is 0.489 e. The first-order chi connectivity index (χ1) is 49.9. The topological polar surface area (TPSA) is 157 Å². The second-order valence-corrected chi connectivity index (χ2v) is 29.5. The Morgan fingerprint density at radius 3 is 1.53 bits per heavy atom. The Morgan fingerprint density at radius 2 is 1.01 bits per heavy atom. The fourth-order valence-electron chi connectivity index (χ4n) is 13.1. The van der Waals surface area contributed by atoms with Gasteiger partial charge < -0.3 is 28.8 Å². The van der Waals surface area contributed by atoms with Crippen molar-refractivity contribution in [3.8, 4) is 17.2 Å². The second-order valence-electron chi connectivity index (χ2n) is 28.4. The number of nitrogens with one attached hydrogen (secondary N) is 1. The Kier molecular flexibility index (Phi) is 25.5. The Bertz CT molecular complexity index is 4880. The molecular weight excluding hydrogens is 1320 g/mol. The molecule has 13 aromatic rings. The quantitative estimate of drug-likeness (QED) is 0.112. The van der Waals surface area contributed by atoms with Gasteiger partial charge in [0.1, 0.15) is 58.9 Å². The average Bonchev–Trinajstić information content (AvgIpc) is 1.68. The number of carbonyl (C=O) groups is 1. The number of amides is 2. The van der Waals surface area contributed by atoms with Gasteiger partial charge in [0.25, 0.3) is 0 Å². The maximum atomic E-state index is 12.4. The van der Waals surface area contributed by atoms with Crippen molar-refractivity contribution in [2.45, 2.75) is 158 Å². The highest BCUT2D eigenvalue weighted by atomic mass is 32.1. The van der Waals surface area contributed by atoms with Gasteiger partial charge >= 0.3 is 23.1 Å². The molecule has 104 heavy (non-hydrogen) atoms. The number of hydrogen-bond donors (Lipinski definition) is 1. The number of nitrogens with zero attached hydrogens (tertiary/aromatic N) is 8. The van der Waals surface area contributed by atoms with Gasteiger partial charge in [0.2, 0.25) is 0 Å². The van der Waals surface area contributed by atoms with Crippen molar-refractivity contribution in [1.82, 2.24) is 37.6 Å². The number of anilines is 1. The van der Waals surface area contributed by atoms with Gasteiger partial charge in [-0.15, -0.1) is 11.3 Å². The summed E-state index contributed by atoms with van der Waals surface area (Å²) in [6.07, 6.45) is 2.45. The van der Waals surface area contributed by atoms with E-state index in [1.165, 1.54) is 25.9 Å². The molecule has 0 spiro atoms. The van der Waals surface area contributed by atoms with E-state index in [0.29, 0.717) is 31.6 Å². The number of furan rings is 1. The summed E-state index contributed by atoms with van der Waals surface area (Å²) < 4.78 is 35.4. The third-order valence-electron chi connectivity index (χ3n) is 18.5. The summed E-state index contributed by atoms with van der Waals surface area (Å²) in [6, 6.07) is 67.4. The van der Waals surface area contributed by atoms with Gasteiger partial charge in [-0.3, -0.25) is 32.3 Å². The molecule has 2 aliphatic heterocycles. The molecule has 0 aliphatic carbocycles. The lowest BCUT2D eigenvalue weighted by Gasteiger charge is -2.37. The molecule has 18 heteroatoms. The number of hydrogen-bond acceptors (Lipinski definition) is 10. The van der Waals surface area contributed by atoms with Crippen LogP contribution in [0.3, 0.4) is 0 Å². The third kappa shape index (κ3) is 17.8. The molecule has 8 aromatic carbocycles. The maximum absolute atomic E-state index is 12.4. The zero-order chi connectivity index (χ0) is 74.5. The van der Waals surface area contributed by atoms with E-state index in [9.17, 15) is 19.2 Å². The van der Waals surface area contributed by atoms with Crippen molar-refractivity contribution in [2.75, 3.05) is 25.0 Å². The predicted octanol–water partition coefficient (Wildman–Crippen LogP) is 19.1. The smallest absolute Gasteiger partial charge is 0.329 e. The van der Waals surface area contributed by atoms with Crippen LogP contribution < -0.4 is 41.5 Å². The van der Waals surface area contributed by atoms with E-state index in [2.05, 4.69) is 81.5 Å². The number of urea groups is 1. The van der Waals surface area contributed by atoms with Crippen molar-refractivity contribution < 1.29 is 23.4 Å². The fraction of sp³-hybridized carbons (Fsp3) is 0.349. The number of thiophene rings is 1. The standard InChI is InChI=1S/2C18H20N2O2.C16H23N3O2.C12H16N2O.C11H12O.C11H12S/c2*1-13(2)20-15-10-7-11-16(17(15)19(3)18(20)21)22-12-14-8-5-4-6-9-14;1-11(2)19-15-9-12(21-13-5-4-8-17-10-13)6-7-14(15)18(3)16(19)20;1-9(2)14-11-7-5-4-6-10(11)8-13(3)12(14)15;2*1-8(2)11-7-9-5-3-4-6-10(9)12-11/h2*4-11,13H,12H2,1-3H3;6-7,9,11,13,17H,4-5,8,10H2,1-3H3;4-7,9H,8H2,1-3H3;2*3-8H,1-2H3/t;;13-;;;/m..0.../s1. The Balaban J connectivity index is 0.000000136. The Labute approximate surface area is 615 Å². The van der Waals surface area contributed by atoms with Gasteiger partial charge in [-0.25, -0.2) is 19.2 Å². The molecule has 0 unspecified atom stereocenters. The number of piperidine rings is 1. The van der Waals surface area contributed by atoms with Crippen LogP contribution in [0.4, 0.5) is 10.5 Å². The molecular formula is C86H103N9O8S. The molecule has 5 aromatic heterocycles. The van der Waals surface area contributed by atoms with E-state index in [-0.39, 0.29) is 53.4 Å². The van der Waals surface area contributed by atoms with Crippen LogP contribution in [0.15, 0.2) is 219 Å². The molecule has 0 radical (unpaired) electrons. The summed E-state index contributed by atoms with van der Waals surface area (Å²) >= 11 is 1.91. The Hall–Kier alpha value is -10.3. The molecule has 7 heterocycles. The van der Waals surface area contributed by atoms with Gasteiger partial charge in [0, 0.05) is 92.4 Å². The number of aromatic nitrogens is 6. The lowest BCUT2D eigenvalue weighted by molar-refractivity contribution is 0.167. The highest BCUT2D eigenvalue weighted by Crippen LogP contribution is 2.33. The number of para-hydroxylation sites is 4. The molecule has 1 saturated heterocycles. The first-order valence-electron chi connectivity index (χ1n) is 36.3. The number of fused-ring (bicyclic) bond motifs is 6. The van der Waals surface area contributed by atoms with Crippen molar-refractivity contribution in [1.29, 1.82) is 0 Å². The maximum Gasteiger partial charge on any atom is 0.329 e. The van der Waals surface area contributed by atoms with Crippen LogP contribution in [0, 0.1) is 0 Å². The van der Waals surface area contributed by atoms with Gasteiger partial charge in [-0.1, -0.05) is 155 Å². The van der Waals surface area contributed by atoms with E-state index >= 15 is 0 Å². The van der Waals surface area contributed by atoms with Crippen LogP contribution in [0.1, 0.15) is 153 Å². The van der Waals surface area contributed by atoms with Crippen LogP contribution in [-0.4, -0.2) is 70.6 Å². The van der Waals surface area contributed by atoms with Crippen LogP contribution in [0.25, 0.3) is 54.2 Å². The zero-order valence-corrected chi connectivity index (χ0v) is 64.1. The second kappa shape index (κ2) is 34.8. The normalized spacial score (nSPS) is 13.6. The lowest BCUT2D eigenvalue weighted by Crippen LogP contribution is -2.48. The van der Waals surface area contributed by atoms with Gasteiger partial charge in [-0.05, 0) is 170 Å². The predicted molar refractivity (Wildman–Crippen MR) is 428 cm³/mol. The molecule has 17 nitrogen and oxygen atoms in total. The molecule has 2 amide bonds. The van der Waals surface area contributed by atoms with E-state index in [4.69, 9.17) is 18.6 Å². The molecule has 0 saturated carbocycles. The summed E-state index contributed by atoms with van der Waals surface area (Å²) in [4.78, 5) is 54.2. The lowest BCUT2D eigenvalue weighted by atomic mass is 10.1. The van der Waals surface area contributed by atoms with Gasteiger partial charge in [0.15, 0.2) is 0 Å². The van der Waals surface area contributed by atoms with Crippen LogP contribution in [-0.2, 0) is 40.9 Å². The number of carbonyl (C=O) groups excluding carboxylic acids is 1. The summed E-state index contributed by atoms with van der Waals surface area (Å²) in [5, 5.41) is 5.93. The average molecular weight is 1420 g/mol. The van der Waals surface area contributed by atoms with Crippen LogP contribution >= 0.6 is 11.3 Å². The minimum atomic E-state index is -0.0132. The summed E-state index contributed by atoms with van der Waals surface area (Å²) in [5.74, 6) is 4.51. The number of benzene rings is 8. The monoisotopic (exact) mass is 1420 g/mol. The van der Waals surface area contributed by atoms with Crippen molar-refractivity contribution in [2.24, 2.45) is 21.1 Å². The molecule has 546 valence electrons. The van der Waals surface area contributed by atoms with E-state index < -0.39 is 0 Å². The summed E-state index contributed by atoms with van der Waals surface area (Å²) in [7, 11) is 7.24. The first-order valence-corrected chi connectivity index (χ1v) is 37.1. The number of rotatable bonds is 14. The summed E-state index contributed by atoms with van der Waals surface area (Å²) in [5.41, 5.74) is 10.9. The van der Waals surface area contributed by atoms with E-state index in [1.807, 2.05) is 242 Å². The van der Waals surface area contributed by atoms with Gasteiger partial charge in [-0.2, -0.15) is 0 Å². The number of imidazole rings is 3. The molecule has 1 fully saturated rings. The van der Waals surface area contributed by atoms with E-state index in [1.54, 1.807) is 41.8 Å². The van der Waals surface area contributed by atoms with Crippen molar-refractivity contribution in [3.63, 3.8) is 0 Å². The SMILES string of the molecule is CC(C)N1C(=O)N(C)Cc2ccccc21.CC(C)c1cc2ccccc2o1.CC(C)c1cc2ccccc2s1.CC(C)n1c(=O)n(C)c2c(OCc3ccccc3)cccc21.CC(C)n1c(=O)n(C)c2c(OCc3ccccc3)cccc21.CC(C)n1c(=O)n(C)c2ccc(O[C@H]3CCCNC3)cc21. The minimum absolute atomic E-state index is 0.0132. The molecule has 1 atom stereocenters. The van der Waals surface area contributed by atoms with Crippen molar-refractivity contribution >= 4 is 77.2 Å². The highest BCUT2D eigenvalue weighted by Gasteiger charge is 2.29. The molecule has 15 rings (SSSR count). The van der Waals surface area contributed by atoms with Crippen molar-refractivity contribution in [3.05, 3.63) is 259 Å². The summed E-state index contributed by atoms with van der Waals surface area (Å²) in [6.45, 7) is 28.6. The van der Waals surface area contributed by atoms with E-state index in [0.717, 1.165) is 104 Å². The third-order valence-corrected chi connectivity index (χ3v) is 19.9. The fourth-order valence-corrected chi connectivity index (χ4v) is 14.2. The van der Waals surface area contributed by atoms with Crippen LogP contribution in [0.5, 0.6) is 17.2 Å². The first kappa shape index (κ1) is 76.3. The molecule has 0 bridgehead atoms. The highest BCUT2D eigenvalue weighted by molar-refractivity contribution is 7.19. The molecule has 2 aliphatic rings. The van der Waals surface area contributed by atoms with Gasteiger partial charge in [0.05, 0.1) is 27.8 Å². The number of ether oxygens (including phenoxy) is 3. The zero-order valence-electron chi connectivity index (χ0n) is 63.3.